The summed E-state index contributed by atoms with van der Waals surface area (Å²) >= 11 is 12.1. The van der Waals surface area contributed by atoms with Crippen LogP contribution in [0.25, 0.3) is 6.08 Å². The van der Waals surface area contributed by atoms with Crippen LogP contribution in [0.3, 0.4) is 0 Å². The van der Waals surface area contributed by atoms with Gasteiger partial charge in [-0.1, -0.05) is 48.7 Å². The SMILES string of the molecule is CCCCOc1ccc(/C=C(\C#N)C(=O)Nc2c(Cl)cccc2Cl)cc1OC. The second kappa shape index (κ2) is 10.6. The molecular formula is C21H20Cl2N2O3. The number of halogens is 2. The van der Waals surface area contributed by atoms with Gasteiger partial charge in [-0.25, -0.2) is 0 Å². The largest absolute Gasteiger partial charge is 0.493 e. The molecule has 2 rings (SSSR count). The molecule has 0 radical (unpaired) electrons. The summed E-state index contributed by atoms with van der Waals surface area (Å²) in [5.74, 6) is 0.523. The van der Waals surface area contributed by atoms with Gasteiger partial charge in [0.2, 0.25) is 0 Å². The zero-order valence-electron chi connectivity index (χ0n) is 15.6. The molecule has 28 heavy (non-hydrogen) atoms. The first-order valence-electron chi connectivity index (χ1n) is 8.68. The van der Waals surface area contributed by atoms with Crippen molar-refractivity contribution in [1.82, 2.24) is 0 Å². The van der Waals surface area contributed by atoms with Gasteiger partial charge in [-0.2, -0.15) is 5.26 Å². The van der Waals surface area contributed by atoms with E-state index in [4.69, 9.17) is 32.7 Å². The second-order valence-electron chi connectivity index (χ2n) is 5.83. The van der Waals surface area contributed by atoms with Crippen LogP contribution in [-0.4, -0.2) is 19.6 Å². The van der Waals surface area contributed by atoms with Crippen molar-refractivity contribution in [2.45, 2.75) is 19.8 Å². The Bertz CT molecular complexity index is 900. The van der Waals surface area contributed by atoms with E-state index in [9.17, 15) is 10.1 Å². The highest BCUT2D eigenvalue weighted by atomic mass is 35.5. The molecule has 0 bridgehead atoms. The maximum Gasteiger partial charge on any atom is 0.266 e. The fraction of sp³-hybridized carbons (Fsp3) is 0.238. The Balaban J connectivity index is 2.23. The van der Waals surface area contributed by atoms with Gasteiger partial charge in [-0.3, -0.25) is 4.79 Å². The minimum atomic E-state index is -0.611. The Labute approximate surface area is 174 Å². The summed E-state index contributed by atoms with van der Waals surface area (Å²) in [4.78, 5) is 12.5. The predicted octanol–water partition coefficient (Wildman–Crippen LogP) is 5.73. The number of nitrogens with one attached hydrogen (secondary N) is 1. The van der Waals surface area contributed by atoms with E-state index < -0.39 is 5.91 Å². The van der Waals surface area contributed by atoms with Crippen LogP contribution in [0, 0.1) is 11.3 Å². The molecule has 0 atom stereocenters. The van der Waals surface area contributed by atoms with Crippen molar-refractivity contribution in [3.63, 3.8) is 0 Å². The van der Waals surface area contributed by atoms with Crippen molar-refractivity contribution in [3.8, 4) is 17.6 Å². The van der Waals surface area contributed by atoms with Gasteiger partial charge < -0.3 is 14.8 Å². The summed E-state index contributed by atoms with van der Waals surface area (Å²) in [5, 5.41) is 12.5. The smallest absolute Gasteiger partial charge is 0.266 e. The van der Waals surface area contributed by atoms with Crippen molar-refractivity contribution in [2.75, 3.05) is 19.0 Å². The van der Waals surface area contributed by atoms with E-state index in [0.717, 1.165) is 12.8 Å². The maximum absolute atomic E-state index is 12.5. The van der Waals surface area contributed by atoms with E-state index in [1.54, 1.807) is 36.4 Å². The van der Waals surface area contributed by atoms with Gasteiger partial charge >= 0.3 is 0 Å². The minimum absolute atomic E-state index is 0.0994. The average Bonchev–Trinajstić information content (AvgIpc) is 2.69. The zero-order chi connectivity index (χ0) is 20.5. The normalized spacial score (nSPS) is 10.9. The molecule has 7 heteroatoms. The van der Waals surface area contributed by atoms with Crippen LogP contribution in [0.15, 0.2) is 42.0 Å². The lowest BCUT2D eigenvalue weighted by Gasteiger charge is -2.11. The lowest BCUT2D eigenvalue weighted by atomic mass is 10.1. The van der Waals surface area contributed by atoms with Crippen LogP contribution in [0.2, 0.25) is 10.0 Å². The first-order chi connectivity index (χ1) is 13.5. The van der Waals surface area contributed by atoms with Crippen LogP contribution in [-0.2, 0) is 4.79 Å². The molecular weight excluding hydrogens is 399 g/mol. The van der Waals surface area contributed by atoms with Gasteiger partial charge in [0.25, 0.3) is 5.91 Å². The standard InChI is InChI=1S/C21H20Cl2N2O3/c1-3-4-10-28-18-9-8-14(12-19(18)27-2)11-15(13-24)21(26)25-20-16(22)6-5-7-17(20)23/h5-9,11-12H,3-4,10H2,1-2H3,(H,25,26)/b15-11+. The lowest BCUT2D eigenvalue weighted by Crippen LogP contribution is -2.14. The molecule has 0 aliphatic heterocycles. The number of unbranched alkanes of at least 4 members (excludes halogenated alkanes) is 1. The second-order valence-corrected chi connectivity index (χ2v) is 6.65. The van der Waals surface area contributed by atoms with Gasteiger partial charge in [0, 0.05) is 0 Å². The molecule has 0 heterocycles. The van der Waals surface area contributed by atoms with Gasteiger partial charge in [0.15, 0.2) is 11.5 Å². The van der Waals surface area contributed by atoms with Crippen LogP contribution >= 0.6 is 23.2 Å². The van der Waals surface area contributed by atoms with Crippen molar-refractivity contribution < 1.29 is 14.3 Å². The van der Waals surface area contributed by atoms with Crippen LogP contribution in [0.4, 0.5) is 5.69 Å². The van der Waals surface area contributed by atoms with Crippen LogP contribution < -0.4 is 14.8 Å². The third-order valence-electron chi connectivity index (χ3n) is 3.82. The summed E-state index contributed by atoms with van der Waals surface area (Å²) in [5.41, 5.74) is 0.781. The lowest BCUT2D eigenvalue weighted by molar-refractivity contribution is -0.112. The molecule has 0 saturated heterocycles. The molecule has 0 aliphatic carbocycles. The number of ether oxygens (including phenoxy) is 2. The number of amides is 1. The topological polar surface area (TPSA) is 71.3 Å². The number of para-hydroxylation sites is 1. The first-order valence-corrected chi connectivity index (χ1v) is 9.43. The number of hydrogen-bond acceptors (Lipinski definition) is 4. The fourth-order valence-corrected chi connectivity index (χ4v) is 2.82. The molecule has 0 unspecified atom stereocenters. The van der Waals surface area contributed by atoms with E-state index >= 15 is 0 Å². The molecule has 0 spiro atoms. The number of carbonyl (C=O) groups excluding carboxylic acids is 1. The van der Waals surface area contributed by atoms with Crippen molar-refractivity contribution in [1.29, 1.82) is 5.26 Å². The molecule has 1 amide bonds. The Morgan fingerprint density at radius 1 is 1.21 bits per heavy atom. The number of rotatable bonds is 8. The minimum Gasteiger partial charge on any atom is -0.493 e. The predicted molar refractivity (Wildman–Crippen MR) is 112 cm³/mol. The Morgan fingerprint density at radius 2 is 1.93 bits per heavy atom. The van der Waals surface area contributed by atoms with Crippen molar-refractivity contribution in [3.05, 3.63) is 57.6 Å². The number of benzene rings is 2. The van der Waals surface area contributed by atoms with E-state index in [0.29, 0.717) is 23.7 Å². The highest BCUT2D eigenvalue weighted by Crippen LogP contribution is 2.31. The molecule has 0 aliphatic rings. The summed E-state index contributed by atoms with van der Waals surface area (Å²) in [6.45, 7) is 2.67. The molecule has 0 fully saturated rings. The number of nitrogens with zero attached hydrogens (tertiary/aromatic N) is 1. The Kier molecular flexibility index (Phi) is 8.19. The number of anilines is 1. The quantitative estimate of drug-likeness (QED) is 0.337. The molecule has 5 nitrogen and oxygen atoms in total. The van der Waals surface area contributed by atoms with Crippen LogP contribution in [0.5, 0.6) is 11.5 Å². The highest BCUT2D eigenvalue weighted by molar-refractivity contribution is 6.40. The van der Waals surface area contributed by atoms with Gasteiger partial charge in [0.05, 0.1) is 29.4 Å². The third-order valence-corrected chi connectivity index (χ3v) is 4.45. The summed E-state index contributed by atoms with van der Waals surface area (Å²) in [7, 11) is 1.53. The number of nitriles is 1. The number of methoxy groups -OCH3 is 1. The van der Waals surface area contributed by atoms with Crippen molar-refractivity contribution in [2.24, 2.45) is 0 Å². The molecule has 0 saturated carbocycles. The highest BCUT2D eigenvalue weighted by Gasteiger charge is 2.14. The third kappa shape index (κ3) is 5.66. The van der Waals surface area contributed by atoms with Crippen molar-refractivity contribution >= 4 is 40.9 Å². The fourth-order valence-electron chi connectivity index (χ4n) is 2.33. The maximum atomic E-state index is 12.5. The zero-order valence-corrected chi connectivity index (χ0v) is 17.1. The first kappa shape index (κ1) is 21.6. The summed E-state index contributed by atoms with van der Waals surface area (Å²) in [6, 6.07) is 12.0. The van der Waals surface area contributed by atoms with E-state index in [-0.39, 0.29) is 21.3 Å². The van der Waals surface area contributed by atoms with E-state index in [1.165, 1.54) is 13.2 Å². The number of hydrogen-bond donors (Lipinski definition) is 1. The average molecular weight is 419 g/mol. The van der Waals surface area contributed by atoms with Crippen LogP contribution in [0.1, 0.15) is 25.3 Å². The molecule has 146 valence electrons. The Hall–Kier alpha value is -2.68. The number of carbonyl (C=O) groups is 1. The molecule has 2 aromatic carbocycles. The molecule has 2 aromatic rings. The van der Waals surface area contributed by atoms with E-state index in [2.05, 4.69) is 12.2 Å². The summed E-state index contributed by atoms with van der Waals surface area (Å²) < 4.78 is 11.0. The van der Waals surface area contributed by atoms with Gasteiger partial charge in [-0.15, -0.1) is 0 Å². The van der Waals surface area contributed by atoms with Gasteiger partial charge in [0.1, 0.15) is 11.6 Å². The summed E-state index contributed by atoms with van der Waals surface area (Å²) in [6.07, 6.45) is 3.42. The monoisotopic (exact) mass is 418 g/mol. The molecule has 0 aromatic heterocycles. The molecule has 1 N–H and O–H groups in total. The van der Waals surface area contributed by atoms with Gasteiger partial charge in [-0.05, 0) is 42.3 Å². The Morgan fingerprint density at radius 3 is 2.54 bits per heavy atom. The van der Waals surface area contributed by atoms with E-state index in [1.807, 2.05) is 6.07 Å².